The molecule has 150 valence electrons. The number of unbranched alkanes of at least 4 members (excludes halogenated alkanes) is 3. The Balaban J connectivity index is 2.29. The number of allylic oxidation sites excluding steroid dienone is 1. The Labute approximate surface area is 156 Å². The number of hydrogen-bond acceptors (Lipinski definition) is 5. The lowest BCUT2D eigenvalue weighted by molar-refractivity contribution is -0.137. The van der Waals surface area contributed by atoms with Gasteiger partial charge in [0.05, 0.1) is 24.4 Å². The molecule has 0 aromatic rings. The average molecular weight is 370 g/mol. The molecule has 26 heavy (non-hydrogen) atoms. The lowest BCUT2D eigenvalue weighted by atomic mass is 10.0. The molecule has 1 fully saturated rings. The van der Waals surface area contributed by atoms with Crippen molar-refractivity contribution in [3.05, 3.63) is 24.3 Å². The predicted octanol–water partition coefficient (Wildman–Crippen LogP) is 2.56. The fourth-order valence-electron chi connectivity index (χ4n) is 2.97. The van der Waals surface area contributed by atoms with Crippen molar-refractivity contribution in [2.24, 2.45) is 0 Å². The Morgan fingerprint density at radius 1 is 1.23 bits per heavy atom. The van der Waals surface area contributed by atoms with Gasteiger partial charge in [-0.25, -0.2) is 0 Å². The maximum atomic E-state index is 10.4. The summed E-state index contributed by atoms with van der Waals surface area (Å²) in [6, 6.07) is 0. The third kappa shape index (κ3) is 9.48. The lowest BCUT2D eigenvalue weighted by Crippen LogP contribution is -2.26. The highest BCUT2D eigenvalue weighted by atomic mass is 16.5. The molecule has 1 aliphatic heterocycles. The van der Waals surface area contributed by atoms with Gasteiger partial charge in [0.2, 0.25) is 0 Å². The minimum Gasteiger partial charge on any atom is -0.481 e. The first-order valence-electron chi connectivity index (χ1n) is 9.68. The largest absolute Gasteiger partial charge is 0.481 e. The molecule has 1 rings (SSSR count). The number of carboxylic acids is 1. The summed E-state index contributed by atoms with van der Waals surface area (Å²) >= 11 is 0. The van der Waals surface area contributed by atoms with E-state index >= 15 is 0 Å². The Hall–Kier alpha value is -1.21. The van der Waals surface area contributed by atoms with Crippen molar-refractivity contribution in [2.75, 3.05) is 0 Å². The Morgan fingerprint density at radius 2 is 2.00 bits per heavy atom. The summed E-state index contributed by atoms with van der Waals surface area (Å²) in [5.41, 5.74) is 0. The summed E-state index contributed by atoms with van der Waals surface area (Å²) in [6.45, 7) is 2.11. The summed E-state index contributed by atoms with van der Waals surface area (Å²) in [6.07, 6.45) is 10.2. The van der Waals surface area contributed by atoms with Gasteiger partial charge in [-0.1, -0.05) is 50.5 Å². The monoisotopic (exact) mass is 370 g/mol. The summed E-state index contributed by atoms with van der Waals surface area (Å²) in [5, 5.41) is 38.7. The van der Waals surface area contributed by atoms with Crippen molar-refractivity contribution in [1.29, 1.82) is 0 Å². The molecule has 6 nitrogen and oxygen atoms in total. The highest BCUT2D eigenvalue weighted by Crippen LogP contribution is 2.26. The molecule has 1 saturated heterocycles. The summed E-state index contributed by atoms with van der Waals surface area (Å²) < 4.78 is 5.73. The third-order valence-corrected chi connectivity index (χ3v) is 4.55. The summed E-state index contributed by atoms with van der Waals surface area (Å²) in [4.78, 5) is 10.4. The van der Waals surface area contributed by atoms with E-state index in [2.05, 4.69) is 6.92 Å². The van der Waals surface area contributed by atoms with Gasteiger partial charge in [-0.15, -0.1) is 0 Å². The third-order valence-electron chi connectivity index (χ3n) is 4.55. The van der Waals surface area contributed by atoms with E-state index in [1.807, 2.05) is 12.2 Å². The molecule has 4 N–H and O–H groups in total. The van der Waals surface area contributed by atoms with Crippen molar-refractivity contribution in [3.63, 3.8) is 0 Å². The molecule has 0 bridgehead atoms. The molecule has 6 heteroatoms. The van der Waals surface area contributed by atoms with Crippen LogP contribution in [0.3, 0.4) is 0 Å². The zero-order chi connectivity index (χ0) is 19.4. The molecule has 0 aromatic carbocycles. The molecule has 1 heterocycles. The molecule has 0 radical (unpaired) electrons. The van der Waals surface area contributed by atoms with Gasteiger partial charge in [-0.05, 0) is 25.7 Å². The molecular weight excluding hydrogens is 336 g/mol. The first kappa shape index (κ1) is 22.8. The predicted molar refractivity (Wildman–Crippen MR) is 99.8 cm³/mol. The quantitative estimate of drug-likeness (QED) is 0.293. The van der Waals surface area contributed by atoms with Crippen LogP contribution in [0.15, 0.2) is 24.3 Å². The standard InChI is InChI=1S/C20H34O6/c1-2-3-6-10-16(22)19-14-17(23)18(26-19)13-12-15(21)9-7-4-5-8-11-20(24)25/h4,7,12-13,15-19,21-23H,2-3,5-6,8-11,14H2,1H3,(H,24,25)/b7-4-,13-12+/t15-,16+,17-,18-,19+/m1/s1. The van der Waals surface area contributed by atoms with E-state index in [0.29, 0.717) is 32.1 Å². The molecule has 0 aromatic heterocycles. The van der Waals surface area contributed by atoms with Crippen molar-refractivity contribution < 1.29 is 30.0 Å². The van der Waals surface area contributed by atoms with Gasteiger partial charge in [0.25, 0.3) is 0 Å². The normalized spacial score (nSPS) is 25.9. The van der Waals surface area contributed by atoms with Crippen LogP contribution in [-0.2, 0) is 9.53 Å². The SMILES string of the molecule is CCCCC[C@H](O)[C@@H]1C[C@@H](O)[C@@H](/C=C/[C@H](O)C/C=C\CCCC(=O)O)O1. The summed E-state index contributed by atoms with van der Waals surface area (Å²) in [5.74, 6) is -0.801. The van der Waals surface area contributed by atoms with Crippen LogP contribution in [0.4, 0.5) is 0 Å². The first-order valence-corrected chi connectivity index (χ1v) is 9.68. The average Bonchev–Trinajstić information content (AvgIpc) is 2.97. The van der Waals surface area contributed by atoms with Crippen LogP contribution < -0.4 is 0 Å². The van der Waals surface area contributed by atoms with Crippen LogP contribution in [0.25, 0.3) is 0 Å². The van der Waals surface area contributed by atoms with Crippen LogP contribution in [0.5, 0.6) is 0 Å². The van der Waals surface area contributed by atoms with E-state index in [0.717, 1.165) is 19.3 Å². The van der Waals surface area contributed by atoms with E-state index in [1.165, 1.54) is 0 Å². The fourth-order valence-corrected chi connectivity index (χ4v) is 2.97. The highest BCUT2D eigenvalue weighted by Gasteiger charge is 2.36. The zero-order valence-corrected chi connectivity index (χ0v) is 15.7. The molecule has 0 unspecified atom stereocenters. The topological polar surface area (TPSA) is 107 Å². The molecule has 1 aliphatic rings. The van der Waals surface area contributed by atoms with Gasteiger partial charge in [-0.3, -0.25) is 4.79 Å². The van der Waals surface area contributed by atoms with Gasteiger partial charge >= 0.3 is 5.97 Å². The number of aliphatic carboxylic acids is 1. The Bertz CT molecular complexity index is 448. The van der Waals surface area contributed by atoms with E-state index in [4.69, 9.17) is 9.84 Å². The molecule has 0 saturated carbocycles. The molecule has 0 spiro atoms. The van der Waals surface area contributed by atoms with Gasteiger partial charge in [0, 0.05) is 12.8 Å². The maximum absolute atomic E-state index is 10.4. The second-order valence-corrected chi connectivity index (χ2v) is 6.95. The number of hydrogen-bond donors (Lipinski definition) is 4. The Kier molecular flexibility index (Phi) is 11.4. The van der Waals surface area contributed by atoms with Gasteiger partial charge in [0.1, 0.15) is 6.10 Å². The van der Waals surface area contributed by atoms with Crippen LogP contribution in [0, 0.1) is 0 Å². The van der Waals surface area contributed by atoms with Crippen molar-refractivity contribution >= 4 is 5.97 Å². The molecule has 0 amide bonds. The maximum Gasteiger partial charge on any atom is 0.303 e. The number of aliphatic hydroxyl groups excluding tert-OH is 3. The summed E-state index contributed by atoms with van der Waals surface area (Å²) in [7, 11) is 0. The van der Waals surface area contributed by atoms with Crippen LogP contribution in [-0.4, -0.2) is 56.9 Å². The number of ether oxygens (including phenoxy) is 1. The highest BCUT2D eigenvalue weighted by molar-refractivity contribution is 5.66. The van der Waals surface area contributed by atoms with E-state index in [1.54, 1.807) is 12.2 Å². The van der Waals surface area contributed by atoms with Crippen LogP contribution in [0.2, 0.25) is 0 Å². The van der Waals surface area contributed by atoms with Gasteiger partial charge in [-0.2, -0.15) is 0 Å². The van der Waals surface area contributed by atoms with E-state index < -0.39 is 30.4 Å². The lowest BCUT2D eigenvalue weighted by Gasteiger charge is -2.18. The van der Waals surface area contributed by atoms with Crippen LogP contribution >= 0.6 is 0 Å². The molecule has 5 atom stereocenters. The van der Waals surface area contributed by atoms with E-state index in [9.17, 15) is 20.1 Å². The van der Waals surface area contributed by atoms with Crippen molar-refractivity contribution in [3.8, 4) is 0 Å². The first-order chi connectivity index (χ1) is 12.4. The molecular formula is C20H34O6. The number of aliphatic hydroxyl groups is 3. The van der Waals surface area contributed by atoms with Gasteiger partial charge < -0.3 is 25.2 Å². The minimum absolute atomic E-state index is 0.148. The fraction of sp³-hybridized carbons (Fsp3) is 0.750. The van der Waals surface area contributed by atoms with E-state index in [-0.39, 0.29) is 12.5 Å². The number of rotatable bonds is 13. The molecule has 0 aliphatic carbocycles. The van der Waals surface area contributed by atoms with Gasteiger partial charge in [0.15, 0.2) is 0 Å². The second kappa shape index (κ2) is 13.0. The smallest absolute Gasteiger partial charge is 0.303 e. The zero-order valence-electron chi connectivity index (χ0n) is 15.7. The second-order valence-electron chi connectivity index (χ2n) is 6.95. The minimum atomic E-state index is -0.801. The number of carbonyl (C=O) groups is 1. The number of carboxylic acid groups (broad SMARTS) is 1. The van der Waals surface area contributed by atoms with Crippen molar-refractivity contribution in [1.82, 2.24) is 0 Å². The van der Waals surface area contributed by atoms with Crippen molar-refractivity contribution in [2.45, 2.75) is 95.2 Å². The van der Waals surface area contributed by atoms with Crippen LogP contribution in [0.1, 0.15) is 64.7 Å². The Morgan fingerprint density at radius 3 is 2.69 bits per heavy atom.